The summed E-state index contributed by atoms with van der Waals surface area (Å²) in [7, 11) is 0. The molecule has 134 valence electrons. The van der Waals surface area contributed by atoms with Crippen molar-refractivity contribution in [1.29, 1.82) is 0 Å². The number of carbonyl (C=O) groups is 3. The van der Waals surface area contributed by atoms with Crippen LogP contribution in [-0.4, -0.2) is 34.8 Å². The van der Waals surface area contributed by atoms with Gasteiger partial charge in [-0.3, -0.25) is 14.5 Å². The van der Waals surface area contributed by atoms with E-state index in [0.29, 0.717) is 12.5 Å². The lowest BCUT2D eigenvalue weighted by Gasteiger charge is -2.36. The molecule has 2 aliphatic rings. The van der Waals surface area contributed by atoms with Crippen molar-refractivity contribution >= 4 is 23.5 Å². The van der Waals surface area contributed by atoms with Crippen molar-refractivity contribution in [1.82, 2.24) is 10.2 Å². The molecule has 2 fully saturated rings. The van der Waals surface area contributed by atoms with Crippen LogP contribution >= 0.6 is 0 Å². The maximum Gasteiger partial charge on any atom is 0.325 e. The molecule has 1 saturated heterocycles. The van der Waals surface area contributed by atoms with Crippen LogP contribution in [0.1, 0.15) is 32.6 Å². The van der Waals surface area contributed by atoms with Gasteiger partial charge in [-0.2, -0.15) is 0 Å². The van der Waals surface area contributed by atoms with Crippen molar-refractivity contribution in [2.24, 2.45) is 5.92 Å². The highest BCUT2D eigenvalue weighted by atomic mass is 19.1. The van der Waals surface area contributed by atoms with Gasteiger partial charge in [-0.15, -0.1) is 0 Å². The zero-order chi connectivity index (χ0) is 18.2. The molecule has 3 rings (SSSR count). The van der Waals surface area contributed by atoms with E-state index < -0.39 is 41.6 Å². The van der Waals surface area contributed by atoms with Gasteiger partial charge >= 0.3 is 6.03 Å². The molecule has 8 heteroatoms. The summed E-state index contributed by atoms with van der Waals surface area (Å²) in [5, 5.41) is 4.99. The predicted molar refractivity (Wildman–Crippen MR) is 85.6 cm³/mol. The van der Waals surface area contributed by atoms with Crippen LogP contribution in [0.4, 0.5) is 19.3 Å². The Labute approximate surface area is 143 Å². The lowest BCUT2D eigenvalue weighted by atomic mass is 9.73. The van der Waals surface area contributed by atoms with E-state index in [1.165, 1.54) is 0 Å². The molecular formula is C17H19F2N3O3. The Kier molecular flexibility index (Phi) is 4.45. The minimum absolute atomic E-state index is 0.0136. The first kappa shape index (κ1) is 17.3. The second-order valence-corrected chi connectivity index (χ2v) is 6.61. The first-order valence-electron chi connectivity index (χ1n) is 8.22. The average Bonchev–Trinajstić information content (AvgIpc) is 2.78. The minimum Gasteiger partial charge on any atom is -0.323 e. The number of halogens is 2. The number of amides is 4. The van der Waals surface area contributed by atoms with Crippen molar-refractivity contribution in [2.75, 3.05) is 11.9 Å². The molecule has 0 unspecified atom stereocenters. The number of benzene rings is 1. The van der Waals surface area contributed by atoms with Gasteiger partial charge in [-0.1, -0.05) is 19.8 Å². The van der Waals surface area contributed by atoms with Gasteiger partial charge in [0, 0.05) is 6.07 Å². The van der Waals surface area contributed by atoms with Crippen molar-refractivity contribution in [3.05, 3.63) is 29.8 Å². The second kappa shape index (κ2) is 6.42. The fourth-order valence-electron chi connectivity index (χ4n) is 3.56. The second-order valence-electron chi connectivity index (χ2n) is 6.61. The summed E-state index contributed by atoms with van der Waals surface area (Å²) in [4.78, 5) is 37.9. The molecule has 1 saturated carbocycles. The maximum absolute atomic E-state index is 13.6. The van der Waals surface area contributed by atoms with Crippen LogP contribution in [0.2, 0.25) is 0 Å². The number of nitrogens with one attached hydrogen (secondary N) is 2. The Hall–Kier alpha value is -2.51. The fourth-order valence-corrected chi connectivity index (χ4v) is 3.56. The van der Waals surface area contributed by atoms with Crippen molar-refractivity contribution in [3.63, 3.8) is 0 Å². The molecule has 0 radical (unpaired) electrons. The van der Waals surface area contributed by atoms with Crippen LogP contribution in [0.3, 0.4) is 0 Å². The average molecular weight is 351 g/mol. The number of imide groups is 1. The standard InChI is InChI=1S/C17H19F2N3O3/c1-10-4-2-3-7-17(10)15(24)22(16(25)21-17)9-14(23)20-13-6-5-11(18)8-12(13)19/h5-6,8,10H,2-4,7,9H2,1H3,(H,20,23)(H,21,25)/t10-,17-/m0/s1. The summed E-state index contributed by atoms with van der Waals surface area (Å²) in [5.74, 6) is -2.85. The molecule has 4 amide bonds. The molecular weight excluding hydrogens is 332 g/mol. The summed E-state index contributed by atoms with van der Waals surface area (Å²) >= 11 is 0. The van der Waals surface area contributed by atoms with E-state index in [4.69, 9.17) is 0 Å². The third-order valence-corrected chi connectivity index (χ3v) is 5.01. The summed E-state index contributed by atoms with van der Waals surface area (Å²) < 4.78 is 26.5. The van der Waals surface area contributed by atoms with Crippen molar-refractivity contribution in [3.8, 4) is 0 Å². The van der Waals surface area contributed by atoms with Gasteiger partial charge < -0.3 is 10.6 Å². The number of carbonyl (C=O) groups excluding carboxylic acids is 3. The summed E-state index contributed by atoms with van der Waals surface area (Å²) in [5.41, 5.74) is -1.16. The number of rotatable bonds is 3. The van der Waals surface area contributed by atoms with Gasteiger partial charge in [0.2, 0.25) is 5.91 Å². The zero-order valence-corrected chi connectivity index (χ0v) is 13.8. The highest BCUT2D eigenvalue weighted by Gasteiger charge is 2.55. The molecule has 0 aromatic heterocycles. The molecule has 6 nitrogen and oxygen atoms in total. The van der Waals surface area contributed by atoms with E-state index in [0.717, 1.165) is 36.3 Å². The van der Waals surface area contributed by atoms with E-state index in [-0.39, 0.29) is 11.6 Å². The lowest BCUT2D eigenvalue weighted by Crippen LogP contribution is -2.54. The van der Waals surface area contributed by atoms with Crippen LogP contribution < -0.4 is 10.6 Å². The molecule has 0 bridgehead atoms. The normalized spacial score (nSPS) is 26.0. The SMILES string of the molecule is C[C@H]1CCCC[C@]12NC(=O)N(CC(=O)Nc1ccc(F)cc1F)C2=O. The molecule has 1 aromatic rings. The number of urea groups is 1. The Balaban J connectivity index is 1.71. The third kappa shape index (κ3) is 3.08. The summed E-state index contributed by atoms with van der Waals surface area (Å²) in [6.07, 6.45) is 3.20. The van der Waals surface area contributed by atoms with Crippen molar-refractivity contribution in [2.45, 2.75) is 38.1 Å². The van der Waals surface area contributed by atoms with E-state index >= 15 is 0 Å². The number of anilines is 1. The highest BCUT2D eigenvalue weighted by Crippen LogP contribution is 2.38. The van der Waals surface area contributed by atoms with Crippen LogP contribution in [-0.2, 0) is 9.59 Å². The van der Waals surface area contributed by atoms with E-state index in [2.05, 4.69) is 10.6 Å². The highest BCUT2D eigenvalue weighted by molar-refractivity contribution is 6.10. The van der Waals surface area contributed by atoms with Gasteiger partial charge in [-0.05, 0) is 30.9 Å². The zero-order valence-electron chi connectivity index (χ0n) is 13.8. The Bertz CT molecular complexity index is 740. The Morgan fingerprint density at radius 3 is 2.80 bits per heavy atom. The molecule has 2 atom stereocenters. The van der Waals surface area contributed by atoms with E-state index in [1.54, 1.807) is 0 Å². The lowest BCUT2D eigenvalue weighted by molar-refractivity contribution is -0.136. The fraction of sp³-hybridized carbons (Fsp3) is 0.471. The van der Waals surface area contributed by atoms with Gasteiger partial charge in [0.25, 0.3) is 5.91 Å². The predicted octanol–water partition coefficient (Wildman–Crippen LogP) is 2.40. The molecule has 2 N–H and O–H groups in total. The summed E-state index contributed by atoms with van der Waals surface area (Å²) in [6, 6.07) is 2.11. The topological polar surface area (TPSA) is 78.5 Å². The van der Waals surface area contributed by atoms with Crippen LogP contribution in [0.25, 0.3) is 0 Å². The van der Waals surface area contributed by atoms with Crippen molar-refractivity contribution < 1.29 is 23.2 Å². The van der Waals surface area contributed by atoms with Gasteiger partial charge in [0.1, 0.15) is 23.7 Å². The summed E-state index contributed by atoms with van der Waals surface area (Å²) in [6.45, 7) is 1.39. The largest absolute Gasteiger partial charge is 0.325 e. The number of nitrogens with zero attached hydrogens (tertiary/aromatic N) is 1. The number of hydrogen-bond acceptors (Lipinski definition) is 3. The third-order valence-electron chi connectivity index (χ3n) is 5.01. The molecule has 25 heavy (non-hydrogen) atoms. The van der Waals surface area contributed by atoms with Gasteiger partial charge in [0.15, 0.2) is 0 Å². The molecule has 1 aliphatic heterocycles. The van der Waals surface area contributed by atoms with Crippen LogP contribution in [0.5, 0.6) is 0 Å². The quantitative estimate of drug-likeness (QED) is 0.821. The first-order chi connectivity index (χ1) is 11.8. The Morgan fingerprint density at radius 1 is 1.36 bits per heavy atom. The molecule has 1 spiro atoms. The number of hydrogen-bond donors (Lipinski definition) is 2. The maximum atomic E-state index is 13.6. The Morgan fingerprint density at radius 2 is 2.12 bits per heavy atom. The van der Waals surface area contributed by atoms with E-state index in [1.807, 2.05) is 6.92 Å². The molecule has 1 aliphatic carbocycles. The smallest absolute Gasteiger partial charge is 0.323 e. The minimum atomic E-state index is -0.948. The van der Waals surface area contributed by atoms with Gasteiger partial charge in [-0.25, -0.2) is 13.6 Å². The van der Waals surface area contributed by atoms with Crippen LogP contribution in [0, 0.1) is 17.6 Å². The first-order valence-corrected chi connectivity index (χ1v) is 8.22. The van der Waals surface area contributed by atoms with Crippen LogP contribution in [0.15, 0.2) is 18.2 Å². The monoisotopic (exact) mass is 351 g/mol. The van der Waals surface area contributed by atoms with Gasteiger partial charge in [0.05, 0.1) is 5.69 Å². The molecule has 1 aromatic carbocycles. The van der Waals surface area contributed by atoms with E-state index in [9.17, 15) is 23.2 Å². The molecule has 1 heterocycles.